The quantitative estimate of drug-likeness (QED) is 0.0953. The van der Waals surface area contributed by atoms with Crippen molar-refractivity contribution in [3.8, 4) is 0 Å². The van der Waals surface area contributed by atoms with Crippen molar-refractivity contribution in [1.82, 2.24) is 25.8 Å². The number of benzene rings is 3. The molecule has 23 heteroatoms. The molecule has 0 unspecified atom stereocenters. The van der Waals surface area contributed by atoms with Crippen molar-refractivity contribution in [3.05, 3.63) is 94.5 Å². The molecule has 3 aliphatic rings. The number of likely N-dealkylation sites (N-methyl/N-ethyl adjacent to an activating group) is 1. The molecule has 0 aromatic heterocycles. The summed E-state index contributed by atoms with van der Waals surface area (Å²) in [7, 11) is 3.31. The van der Waals surface area contributed by atoms with E-state index in [0.29, 0.717) is 33.8 Å². The van der Waals surface area contributed by atoms with Crippen LogP contribution in [0, 0.1) is 23.7 Å². The number of hydrogen-bond donors (Lipinski definition) is 7. The smallest absolute Gasteiger partial charge is 0.247 e. The third kappa shape index (κ3) is 18.5. The fraction of sp³-hybridized carbons (Fsp3) is 0.635. The summed E-state index contributed by atoms with van der Waals surface area (Å²) < 4.78 is 56.5. The predicted octanol–water partition coefficient (Wildman–Crippen LogP) is 4.83. The molecule has 0 aliphatic carbocycles. The fourth-order valence-corrected chi connectivity index (χ4v) is 13.1. The molecule has 3 fully saturated rings. The van der Waals surface area contributed by atoms with Gasteiger partial charge in [-0.2, -0.15) is 0 Å². The highest BCUT2D eigenvalue weighted by Gasteiger charge is 2.51. The first-order valence-electron chi connectivity index (χ1n) is 29.7. The molecule has 3 aromatic carbocycles. The Bertz CT molecular complexity index is 2920. The van der Waals surface area contributed by atoms with Gasteiger partial charge in [0.25, 0.3) is 0 Å². The number of halogens is 1. The Morgan fingerprint density at radius 3 is 2.21 bits per heavy atom. The summed E-state index contributed by atoms with van der Waals surface area (Å²) in [6.07, 6.45) is -6.24. The second kappa shape index (κ2) is 29.9. The zero-order valence-electron chi connectivity index (χ0n) is 52.2. The molecule has 3 saturated heterocycles. The molecular weight excluding hydrogens is 1150 g/mol. The van der Waals surface area contributed by atoms with Crippen LogP contribution in [-0.4, -0.2) is 189 Å². The highest BCUT2D eigenvalue weighted by atomic mass is 35.5. The number of sulfone groups is 1. The van der Waals surface area contributed by atoms with E-state index in [1.807, 2.05) is 32.8 Å². The van der Waals surface area contributed by atoms with Crippen LogP contribution in [0.3, 0.4) is 0 Å². The minimum absolute atomic E-state index is 0.0344. The number of aliphatic hydroxyl groups is 3. The lowest BCUT2D eigenvalue weighted by molar-refractivity contribution is -0.317. The van der Waals surface area contributed by atoms with E-state index in [9.17, 15) is 47.7 Å². The van der Waals surface area contributed by atoms with Gasteiger partial charge in [0.15, 0.2) is 22.4 Å². The van der Waals surface area contributed by atoms with Crippen molar-refractivity contribution in [2.45, 2.75) is 197 Å². The van der Waals surface area contributed by atoms with E-state index >= 15 is 0 Å². The Kier molecular flexibility index (Phi) is 24.4. The number of hydrogen-bond acceptors (Lipinski definition) is 16. The molecule has 3 aliphatic heterocycles. The van der Waals surface area contributed by atoms with Crippen molar-refractivity contribution < 1.29 is 71.4 Å². The van der Waals surface area contributed by atoms with Gasteiger partial charge in [0.1, 0.15) is 24.3 Å². The highest BCUT2D eigenvalue weighted by Crippen LogP contribution is 2.40. The summed E-state index contributed by atoms with van der Waals surface area (Å²) in [5.74, 6) is -5.27. The standard InChI is InChI=1S/C63H93ClN6O15S/c1-35(2)53-60(77)66-45(27-41-22-24-44(25-23-41)65-59(76)48(30-43-19-15-16-21-47(43)64)67-50(71)29-42-18-17-20-46(28-42)86(14,79)80)31-51(72)70(12)34-36(3)32-62(8,78)57(85-61-54(73)49(69(10)11)26-37(4)82-61)38(5)55(39(6)58(75)68-53)84-52-33-63(9,81-13)56(74)40(7)83-52/h15-25,28,35-40,45,48-49,52-57,61,73-74,78H,26-27,29-34H2,1-14H3,(H,65,76)(H,66,77)(H,67,71)(H,68,75)/t36-,37-,38+,39-,40+,45-,48+,49+,52+,53+,54-,55+,56+,57-,61+,62-,63-/m1/s1. The van der Waals surface area contributed by atoms with E-state index in [-0.39, 0.29) is 73.9 Å². The van der Waals surface area contributed by atoms with Crippen LogP contribution in [0.1, 0.15) is 105 Å². The molecule has 478 valence electrons. The molecule has 3 aromatic rings. The summed E-state index contributed by atoms with van der Waals surface area (Å²) in [6.45, 7) is 16.0. The number of anilines is 1. The van der Waals surface area contributed by atoms with Gasteiger partial charge < -0.3 is 70.1 Å². The van der Waals surface area contributed by atoms with Crippen LogP contribution >= 0.6 is 11.6 Å². The van der Waals surface area contributed by atoms with Gasteiger partial charge in [0.2, 0.25) is 29.5 Å². The van der Waals surface area contributed by atoms with Crippen LogP contribution in [0.15, 0.2) is 77.7 Å². The Labute approximate surface area is 512 Å². The zero-order chi connectivity index (χ0) is 63.7. The van der Waals surface area contributed by atoms with E-state index < -0.39 is 124 Å². The molecule has 0 saturated carbocycles. The third-order valence-corrected chi connectivity index (χ3v) is 18.6. The average Bonchev–Trinajstić information content (AvgIpc) is 1.15. The van der Waals surface area contributed by atoms with Gasteiger partial charge >= 0.3 is 0 Å². The van der Waals surface area contributed by atoms with Gasteiger partial charge in [-0.15, -0.1) is 0 Å². The topological polar surface area (TPSA) is 281 Å². The van der Waals surface area contributed by atoms with Crippen LogP contribution in [-0.2, 0) is 76.8 Å². The second-order valence-electron chi connectivity index (χ2n) is 25.3. The summed E-state index contributed by atoms with van der Waals surface area (Å²) in [4.78, 5) is 75.1. The number of carbonyl (C=O) groups is 5. The number of nitrogens with one attached hydrogen (secondary N) is 4. The number of carbonyl (C=O) groups excluding carboxylic acids is 5. The van der Waals surface area contributed by atoms with Crippen LogP contribution in [0.5, 0.6) is 0 Å². The van der Waals surface area contributed by atoms with Crippen molar-refractivity contribution in [2.24, 2.45) is 23.7 Å². The largest absolute Gasteiger partial charge is 0.387 e. The van der Waals surface area contributed by atoms with E-state index in [1.165, 1.54) is 19.2 Å². The first-order chi connectivity index (χ1) is 40.2. The zero-order valence-corrected chi connectivity index (χ0v) is 53.8. The van der Waals surface area contributed by atoms with Gasteiger partial charge in [-0.05, 0) is 120 Å². The van der Waals surface area contributed by atoms with Crippen LogP contribution in [0.2, 0.25) is 5.02 Å². The molecule has 0 spiro atoms. The molecule has 3 heterocycles. The lowest BCUT2D eigenvalue weighted by Gasteiger charge is -2.49. The van der Waals surface area contributed by atoms with Crippen molar-refractivity contribution in [2.75, 3.05) is 46.4 Å². The average molecular weight is 1240 g/mol. The van der Waals surface area contributed by atoms with Gasteiger partial charge in [-0.1, -0.05) is 88.7 Å². The number of aliphatic hydroxyl groups excluding tert-OH is 2. The molecule has 17 atom stereocenters. The highest BCUT2D eigenvalue weighted by molar-refractivity contribution is 7.90. The first kappa shape index (κ1) is 70.0. The Morgan fingerprint density at radius 1 is 0.907 bits per heavy atom. The van der Waals surface area contributed by atoms with Crippen molar-refractivity contribution in [1.29, 1.82) is 0 Å². The Hall–Kier alpha value is -5.11. The number of methoxy groups -OCH3 is 1. The number of nitrogens with zero attached hydrogens (tertiary/aromatic N) is 2. The van der Waals surface area contributed by atoms with Crippen molar-refractivity contribution in [3.63, 3.8) is 0 Å². The van der Waals surface area contributed by atoms with E-state index in [2.05, 4.69) is 21.3 Å². The number of ether oxygens (including phenoxy) is 5. The lowest BCUT2D eigenvalue weighted by atomic mass is 9.77. The van der Waals surface area contributed by atoms with E-state index in [0.717, 1.165) is 6.26 Å². The maximum absolute atomic E-state index is 14.9. The summed E-state index contributed by atoms with van der Waals surface area (Å²) in [6, 6.07) is 16.4. The summed E-state index contributed by atoms with van der Waals surface area (Å²) >= 11 is 6.52. The number of amides is 5. The van der Waals surface area contributed by atoms with Crippen LogP contribution < -0.4 is 21.3 Å². The molecule has 7 N–H and O–H groups in total. The maximum atomic E-state index is 14.9. The van der Waals surface area contributed by atoms with E-state index in [4.69, 9.17) is 35.3 Å². The summed E-state index contributed by atoms with van der Waals surface area (Å²) in [5, 5.41) is 48.0. The minimum atomic E-state index is -3.54. The normalized spacial score (nSPS) is 32.5. The lowest BCUT2D eigenvalue weighted by Crippen LogP contribution is -2.61. The second-order valence-corrected chi connectivity index (χ2v) is 27.7. The van der Waals surface area contributed by atoms with Gasteiger partial charge in [0.05, 0.1) is 52.9 Å². The molecule has 0 radical (unpaired) electrons. The molecular formula is C63H93ClN6O15S. The van der Waals surface area contributed by atoms with Gasteiger partial charge in [-0.3, -0.25) is 24.0 Å². The maximum Gasteiger partial charge on any atom is 0.247 e. The first-order valence-corrected chi connectivity index (χ1v) is 31.9. The third-order valence-electron chi connectivity index (χ3n) is 17.1. The Morgan fingerprint density at radius 2 is 1.58 bits per heavy atom. The fourth-order valence-electron chi connectivity index (χ4n) is 12.2. The molecule has 5 amide bonds. The van der Waals surface area contributed by atoms with Crippen molar-refractivity contribution >= 4 is 56.7 Å². The predicted molar refractivity (Wildman–Crippen MR) is 325 cm³/mol. The molecule has 21 nitrogen and oxygen atoms in total. The number of rotatable bonds is 17. The van der Waals surface area contributed by atoms with Crippen LogP contribution in [0.25, 0.3) is 0 Å². The SMILES string of the molecule is CO[C@]1(C)C[C@H](O[C@H]2[C@H](C)[C@@H](O[C@@H]3O[C@H](C)C[C@H](N(C)C)[C@H]3O)[C@](C)(O)C[C@@H](C)CN(C)C(=O)C[C@@H](Cc3ccc(NC(=O)[C@H](Cc4ccccc4Cl)NC(=O)Cc4cccc(S(C)(=O)=O)c4)cc3)NC(=O)[C@H](C(C)C)NC(=O)[C@@H]2C)O[C@@H](C)[C@@H]1O. The van der Waals surface area contributed by atoms with Gasteiger partial charge in [0, 0.05) is 74.9 Å². The monoisotopic (exact) mass is 1240 g/mol. The van der Waals surface area contributed by atoms with Gasteiger partial charge in [-0.25, -0.2) is 8.42 Å². The van der Waals surface area contributed by atoms with Crippen LogP contribution in [0.4, 0.5) is 5.69 Å². The molecule has 0 bridgehead atoms. The molecule has 6 rings (SSSR count). The van der Waals surface area contributed by atoms with E-state index in [1.54, 1.807) is 121 Å². The minimum Gasteiger partial charge on any atom is -0.387 e. The molecule has 86 heavy (non-hydrogen) atoms. The summed E-state index contributed by atoms with van der Waals surface area (Å²) in [5.41, 5.74) is -0.725. The Balaban J connectivity index is 1.28.